The van der Waals surface area contributed by atoms with Gasteiger partial charge in [-0.05, 0) is 12.1 Å². The Kier molecular flexibility index (Phi) is 2.85. The quantitative estimate of drug-likeness (QED) is 0.748. The SMILES string of the molecule is O=C1CCC(=O)N1CCN1C(=O)c2ccccc2C1=O. The molecular weight excluding hydrogens is 260 g/mol. The molecule has 1 fully saturated rings. The lowest BCUT2D eigenvalue weighted by atomic mass is 10.1. The summed E-state index contributed by atoms with van der Waals surface area (Å²) < 4.78 is 0. The minimum atomic E-state index is -0.371. The summed E-state index contributed by atoms with van der Waals surface area (Å²) in [6.45, 7) is 0.118. The number of nitrogens with zero attached hydrogens (tertiary/aromatic N) is 2. The maximum atomic E-state index is 12.1. The molecule has 1 saturated heterocycles. The van der Waals surface area contributed by atoms with Crippen LogP contribution in [0.2, 0.25) is 0 Å². The first-order valence-electron chi connectivity index (χ1n) is 6.38. The van der Waals surface area contributed by atoms with Crippen LogP contribution in [0.25, 0.3) is 0 Å². The lowest BCUT2D eigenvalue weighted by molar-refractivity contribution is -0.138. The highest BCUT2D eigenvalue weighted by Crippen LogP contribution is 2.22. The van der Waals surface area contributed by atoms with E-state index in [0.717, 1.165) is 9.80 Å². The minimum absolute atomic E-state index is 0.0455. The van der Waals surface area contributed by atoms with Crippen LogP contribution in [0.4, 0.5) is 0 Å². The lowest BCUT2D eigenvalue weighted by Gasteiger charge is -2.18. The normalized spacial score (nSPS) is 18.2. The van der Waals surface area contributed by atoms with Crippen LogP contribution in [-0.4, -0.2) is 46.5 Å². The summed E-state index contributed by atoms with van der Waals surface area (Å²) >= 11 is 0. The number of imide groups is 2. The van der Waals surface area contributed by atoms with Crippen LogP contribution in [-0.2, 0) is 9.59 Å². The number of benzene rings is 1. The van der Waals surface area contributed by atoms with E-state index < -0.39 is 0 Å². The Morgan fingerprint density at radius 1 is 0.750 bits per heavy atom. The van der Waals surface area contributed by atoms with Crippen LogP contribution in [0.5, 0.6) is 0 Å². The molecule has 0 bridgehead atoms. The maximum absolute atomic E-state index is 12.1. The second kappa shape index (κ2) is 4.56. The van der Waals surface area contributed by atoms with E-state index in [2.05, 4.69) is 0 Å². The zero-order valence-corrected chi connectivity index (χ0v) is 10.7. The molecule has 4 amide bonds. The summed E-state index contributed by atoms with van der Waals surface area (Å²) in [4.78, 5) is 49.4. The van der Waals surface area contributed by atoms with Crippen molar-refractivity contribution in [3.63, 3.8) is 0 Å². The number of likely N-dealkylation sites (tertiary alicyclic amines) is 1. The van der Waals surface area contributed by atoms with Gasteiger partial charge < -0.3 is 0 Å². The van der Waals surface area contributed by atoms with Gasteiger partial charge in [-0.1, -0.05) is 12.1 Å². The standard InChI is InChI=1S/C14H12N2O4/c17-11-5-6-12(18)15(11)7-8-16-13(19)9-3-1-2-4-10(9)14(16)20/h1-4H,5-8H2. The van der Waals surface area contributed by atoms with Gasteiger partial charge in [0.25, 0.3) is 11.8 Å². The van der Waals surface area contributed by atoms with Crippen LogP contribution in [0, 0.1) is 0 Å². The fraction of sp³-hybridized carbons (Fsp3) is 0.286. The monoisotopic (exact) mass is 272 g/mol. The number of carbonyl (C=O) groups is 4. The Morgan fingerprint density at radius 2 is 1.20 bits per heavy atom. The molecule has 2 aliphatic rings. The van der Waals surface area contributed by atoms with E-state index in [1.807, 2.05) is 0 Å². The second-order valence-electron chi connectivity index (χ2n) is 4.75. The third kappa shape index (κ3) is 1.80. The van der Waals surface area contributed by atoms with E-state index in [-0.39, 0.29) is 49.6 Å². The molecule has 0 radical (unpaired) electrons. The number of fused-ring (bicyclic) bond motifs is 1. The maximum Gasteiger partial charge on any atom is 0.261 e. The highest BCUT2D eigenvalue weighted by Gasteiger charge is 2.36. The molecule has 0 spiro atoms. The van der Waals surface area contributed by atoms with Crippen LogP contribution in [0.1, 0.15) is 33.6 Å². The minimum Gasteiger partial charge on any atom is -0.281 e. The van der Waals surface area contributed by atoms with E-state index in [1.165, 1.54) is 0 Å². The van der Waals surface area contributed by atoms with Crippen molar-refractivity contribution in [1.29, 1.82) is 0 Å². The molecule has 0 N–H and O–H groups in total. The number of hydrogen-bond acceptors (Lipinski definition) is 4. The summed E-state index contributed by atoms with van der Waals surface area (Å²) in [7, 11) is 0. The highest BCUT2D eigenvalue weighted by atomic mass is 16.2. The molecule has 0 aliphatic carbocycles. The fourth-order valence-corrected chi connectivity index (χ4v) is 2.51. The first-order chi connectivity index (χ1) is 9.59. The molecule has 102 valence electrons. The molecule has 2 heterocycles. The van der Waals surface area contributed by atoms with Crippen molar-refractivity contribution < 1.29 is 19.2 Å². The average Bonchev–Trinajstić information content (AvgIpc) is 2.89. The number of hydrogen-bond donors (Lipinski definition) is 0. The molecule has 2 aliphatic heterocycles. The third-order valence-electron chi connectivity index (χ3n) is 3.58. The van der Waals surface area contributed by atoms with Crippen LogP contribution in [0.3, 0.4) is 0 Å². The second-order valence-corrected chi connectivity index (χ2v) is 4.75. The van der Waals surface area contributed by atoms with Gasteiger partial charge >= 0.3 is 0 Å². The van der Waals surface area contributed by atoms with Crippen LogP contribution >= 0.6 is 0 Å². The molecular formula is C14H12N2O4. The molecule has 1 aromatic rings. The Balaban J connectivity index is 1.74. The number of carbonyl (C=O) groups excluding carboxylic acids is 4. The first kappa shape index (κ1) is 12.5. The van der Waals surface area contributed by atoms with E-state index in [1.54, 1.807) is 24.3 Å². The summed E-state index contributed by atoms with van der Waals surface area (Å²) in [5, 5.41) is 0. The Bertz CT molecular complexity index is 587. The largest absolute Gasteiger partial charge is 0.281 e. The predicted octanol–water partition coefficient (Wildman–Crippen LogP) is 0.432. The molecule has 0 saturated carbocycles. The number of rotatable bonds is 3. The summed E-state index contributed by atoms with van der Waals surface area (Å²) in [6, 6.07) is 6.59. The van der Waals surface area contributed by atoms with Crippen molar-refractivity contribution in [3.05, 3.63) is 35.4 Å². The van der Waals surface area contributed by atoms with Gasteiger partial charge in [0, 0.05) is 25.9 Å². The summed E-state index contributed by atoms with van der Waals surface area (Å²) in [6.07, 6.45) is 0.419. The van der Waals surface area contributed by atoms with Gasteiger partial charge in [0.2, 0.25) is 11.8 Å². The molecule has 0 unspecified atom stereocenters. The lowest BCUT2D eigenvalue weighted by Crippen LogP contribution is -2.40. The van der Waals surface area contributed by atoms with Crippen molar-refractivity contribution >= 4 is 23.6 Å². The smallest absolute Gasteiger partial charge is 0.261 e. The van der Waals surface area contributed by atoms with Crippen molar-refractivity contribution in [3.8, 4) is 0 Å². The van der Waals surface area contributed by atoms with Gasteiger partial charge in [0.1, 0.15) is 0 Å². The van der Waals surface area contributed by atoms with Gasteiger partial charge in [0.05, 0.1) is 11.1 Å². The first-order valence-corrected chi connectivity index (χ1v) is 6.38. The fourth-order valence-electron chi connectivity index (χ4n) is 2.51. The predicted molar refractivity (Wildman–Crippen MR) is 67.8 cm³/mol. The summed E-state index contributed by atoms with van der Waals surface area (Å²) in [5.41, 5.74) is 0.744. The zero-order valence-electron chi connectivity index (χ0n) is 10.7. The van der Waals surface area contributed by atoms with E-state index in [0.29, 0.717) is 11.1 Å². The van der Waals surface area contributed by atoms with Crippen LogP contribution < -0.4 is 0 Å². The topological polar surface area (TPSA) is 74.8 Å². The zero-order chi connectivity index (χ0) is 14.3. The van der Waals surface area contributed by atoms with Crippen molar-refractivity contribution in [2.24, 2.45) is 0 Å². The van der Waals surface area contributed by atoms with Gasteiger partial charge in [-0.25, -0.2) is 0 Å². The molecule has 6 heteroatoms. The van der Waals surface area contributed by atoms with Gasteiger partial charge in [-0.3, -0.25) is 29.0 Å². The van der Waals surface area contributed by atoms with Gasteiger partial charge in [-0.15, -0.1) is 0 Å². The Morgan fingerprint density at radius 3 is 1.70 bits per heavy atom. The van der Waals surface area contributed by atoms with E-state index in [9.17, 15) is 19.2 Å². The molecule has 20 heavy (non-hydrogen) atoms. The Hall–Kier alpha value is -2.50. The molecule has 6 nitrogen and oxygen atoms in total. The molecule has 0 atom stereocenters. The third-order valence-corrected chi connectivity index (χ3v) is 3.58. The van der Waals surface area contributed by atoms with E-state index in [4.69, 9.17) is 0 Å². The van der Waals surface area contributed by atoms with Crippen LogP contribution in [0.15, 0.2) is 24.3 Å². The van der Waals surface area contributed by atoms with Crippen molar-refractivity contribution in [2.75, 3.05) is 13.1 Å². The van der Waals surface area contributed by atoms with E-state index >= 15 is 0 Å². The Labute approximate surface area is 115 Å². The van der Waals surface area contributed by atoms with Crippen molar-refractivity contribution in [1.82, 2.24) is 9.80 Å². The van der Waals surface area contributed by atoms with Gasteiger partial charge in [0.15, 0.2) is 0 Å². The molecule has 0 aromatic heterocycles. The highest BCUT2D eigenvalue weighted by molar-refractivity contribution is 6.21. The summed E-state index contributed by atoms with van der Waals surface area (Å²) in [5.74, 6) is -1.23. The van der Waals surface area contributed by atoms with Gasteiger partial charge in [-0.2, -0.15) is 0 Å². The number of amides is 4. The average molecular weight is 272 g/mol. The van der Waals surface area contributed by atoms with Crippen molar-refractivity contribution in [2.45, 2.75) is 12.8 Å². The molecule has 1 aromatic carbocycles. The molecule has 3 rings (SSSR count).